The summed E-state index contributed by atoms with van der Waals surface area (Å²) in [6, 6.07) is 10.9. The molecular formula is C17H24N2OS. The Morgan fingerprint density at radius 1 is 1.29 bits per heavy atom. The highest BCUT2D eigenvalue weighted by Gasteiger charge is 2.32. The van der Waals surface area contributed by atoms with Crippen LogP contribution in [0.3, 0.4) is 0 Å². The number of nitrogens with two attached hydrogens (primary N) is 1. The third-order valence-electron chi connectivity index (χ3n) is 4.79. The number of hydrogen-bond donors (Lipinski definition) is 1. The molecule has 1 heterocycles. The van der Waals surface area contributed by atoms with Crippen molar-refractivity contribution in [2.75, 3.05) is 18.1 Å². The van der Waals surface area contributed by atoms with Crippen LogP contribution in [-0.4, -0.2) is 34.9 Å². The summed E-state index contributed by atoms with van der Waals surface area (Å²) in [5.74, 6) is 2.74. The molecule has 21 heavy (non-hydrogen) atoms. The lowest BCUT2D eigenvalue weighted by atomic mass is 9.98. The Morgan fingerprint density at radius 2 is 2.10 bits per heavy atom. The van der Waals surface area contributed by atoms with Crippen LogP contribution in [0.2, 0.25) is 0 Å². The maximum Gasteiger partial charge on any atom is 0.223 e. The van der Waals surface area contributed by atoms with Gasteiger partial charge in [0.15, 0.2) is 0 Å². The lowest BCUT2D eigenvalue weighted by molar-refractivity contribution is -0.134. The molecule has 1 aromatic carbocycles. The van der Waals surface area contributed by atoms with Gasteiger partial charge in [0.2, 0.25) is 5.91 Å². The van der Waals surface area contributed by atoms with Crippen molar-refractivity contribution in [2.24, 2.45) is 11.7 Å². The van der Waals surface area contributed by atoms with Gasteiger partial charge in [0.25, 0.3) is 0 Å². The molecule has 2 aliphatic rings. The molecule has 0 radical (unpaired) electrons. The van der Waals surface area contributed by atoms with Crippen molar-refractivity contribution < 1.29 is 4.79 Å². The van der Waals surface area contributed by atoms with Crippen LogP contribution in [0.4, 0.5) is 0 Å². The zero-order valence-corrected chi connectivity index (χ0v) is 13.2. The highest BCUT2D eigenvalue weighted by Crippen LogP contribution is 2.33. The van der Waals surface area contributed by atoms with E-state index in [-0.39, 0.29) is 12.1 Å². The standard InChI is InChI=1S/C17H24N2OS/c18-15-8-4-7-14(15)11-17(20)19-9-10-21-12-16(19)13-5-2-1-3-6-13/h1-3,5-6,14-16H,4,7-12,18H2/t14-,15+,16?/m0/s1. The molecule has 0 bridgehead atoms. The molecule has 3 nitrogen and oxygen atoms in total. The zero-order chi connectivity index (χ0) is 14.7. The number of rotatable bonds is 3. The Morgan fingerprint density at radius 3 is 2.81 bits per heavy atom. The molecule has 3 atom stereocenters. The Hall–Kier alpha value is -1.00. The number of thioether (sulfide) groups is 1. The minimum atomic E-state index is 0.225. The van der Waals surface area contributed by atoms with Crippen molar-refractivity contribution in [3.05, 3.63) is 35.9 Å². The van der Waals surface area contributed by atoms with Gasteiger partial charge < -0.3 is 10.6 Å². The highest BCUT2D eigenvalue weighted by molar-refractivity contribution is 7.99. The summed E-state index contributed by atoms with van der Waals surface area (Å²) in [7, 11) is 0. The third kappa shape index (κ3) is 3.43. The second-order valence-electron chi connectivity index (χ2n) is 6.15. The summed E-state index contributed by atoms with van der Waals surface area (Å²) in [5.41, 5.74) is 7.39. The predicted octanol–water partition coefficient (Wildman–Crippen LogP) is 2.82. The topological polar surface area (TPSA) is 46.3 Å². The first-order chi connectivity index (χ1) is 10.3. The number of carbonyl (C=O) groups excluding carboxylic acids is 1. The average Bonchev–Trinajstić information content (AvgIpc) is 2.93. The molecular weight excluding hydrogens is 280 g/mol. The van der Waals surface area contributed by atoms with Gasteiger partial charge in [-0.25, -0.2) is 0 Å². The van der Waals surface area contributed by atoms with Gasteiger partial charge in [-0.2, -0.15) is 11.8 Å². The Labute approximate surface area is 131 Å². The monoisotopic (exact) mass is 304 g/mol. The van der Waals surface area contributed by atoms with E-state index >= 15 is 0 Å². The Bertz CT molecular complexity index is 479. The number of amides is 1. The van der Waals surface area contributed by atoms with Gasteiger partial charge in [0.1, 0.15) is 0 Å². The van der Waals surface area contributed by atoms with Crippen LogP contribution in [0, 0.1) is 5.92 Å². The SMILES string of the molecule is N[C@@H]1CCC[C@H]1CC(=O)N1CCSCC1c1ccccc1. The molecule has 1 aliphatic heterocycles. The van der Waals surface area contributed by atoms with E-state index in [0.717, 1.165) is 30.9 Å². The Balaban J connectivity index is 1.70. The van der Waals surface area contributed by atoms with E-state index in [0.29, 0.717) is 18.2 Å². The first kappa shape index (κ1) is 14.9. The van der Waals surface area contributed by atoms with Crippen LogP contribution in [0.5, 0.6) is 0 Å². The van der Waals surface area contributed by atoms with Crippen molar-refractivity contribution in [3.8, 4) is 0 Å². The molecule has 1 aromatic rings. The van der Waals surface area contributed by atoms with E-state index < -0.39 is 0 Å². The van der Waals surface area contributed by atoms with E-state index in [9.17, 15) is 4.79 Å². The van der Waals surface area contributed by atoms with Gasteiger partial charge in [0, 0.05) is 30.5 Å². The quantitative estimate of drug-likeness (QED) is 0.934. The van der Waals surface area contributed by atoms with Crippen molar-refractivity contribution in [3.63, 3.8) is 0 Å². The summed E-state index contributed by atoms with van der Waals surface area (Å²) < 4.78 is 0. The molecule has 2 N–H and O–H groups in total. The molecule has 1 aliphatic carbocycles. The average molecular weight is 304 g/mol. The molecule has 1 unspecified atom stereocenters. The largest absolute Gasteiger partial charge is 0.334 e. The number of nitrogens with zero attached hydrogens (tertiary/aromatic N) is 1. The second kappa shape index (κ2) is 6.84. The molecule has 4 heteroatoms. The zero-order valence-electron chi connectivity index (χ0n) is 12.4. The first-order valence-electron chi connectivity index (χ1n) is 7.93. The number of benzene rings is 1. The van der Waals surface area contributed by atoms with E-state index in [1.165, 1.54) is 12.0 Å². The number of carbonyl (C=O) groups is 1. The van der Waals surface area contributed by atoms with E-state index in [2.05, 4.69) is 29.2 Å². The smallest absolute Gasteiger partial charge is 0.223 e. The van der Waals surface area contributed by atoms with Crippen molar-refractivity contribution in [1.82, 2.24) is 4.90 Å². The molecule has 114 valence electrons. The van der Waals surface area contributed by atoms with Gasteiger partial charge in [0.05, 0.1) is 6.04 Å². The van der Waals surface area contributed by atoms with Gasteiger partial charge in [-0.05, 0) is 24.3 Å². The third-order valence-corrected chi connectivity index (χ3v) is 5.81. The van der Waals surface area contributed by atoms with E-state index in [4.69, 9.17) is 5.73 Å². The summed E-state index contributed by atoms with van der Waals surface area (Å²) in [4.78, 5) is 14.8. The maximum atomic E-state index is 12.7. The summed E-state index contributed by atoms with van der Waals surface area (Å²) in [6.07, 6.45) is 4.01. The summed E-state index contributed by atoms with van der Waals surface area (Å²) in [5, 5.41) is 0. The van der Waals surface area contributed by atoms with Crippen molar-refractivity contribution in [2.45, 2.75) is 37.8 Å². The molecule has 2 fully saturated rings. The molecule has 3 rings (SSSR count). The Kier molecular flexibility index (Phi) is 4.86. The minimum absolute atomic E-state index is 0.225. The van der Waals surface area contributed by atoms with Gasteiger partial charge in [-0.1, -0.05) is 36.8 Å². The fourth-order valence-electron chi connectivity index (χ4n) is 3.51. The van der Waals surface area contributed by atoms with Crippen LogP contribution >= 0.6 is 11.8 Å². The fourth-order valence-corrected chi connectivity index (χ4v) is 4.60. The van der Waals surface area contributed by atoms with E-state index in [1.807, 2.05) is 17.8 Å². The fraction of sp³-hybridized carbons (Fsp3) is 0.588. The van der Waals surface area contributed by atoms with Crippen LogP contribution in [0.1, 0.15) is 37.3 Å². The highest BCUT2D eigenvalue weighted by atomic mass is 32.2. The lowest BCUT2D eigenvalue weighted by Crippen LogP contribution is -2.42. The first-order valence-corrected chi connectivity index (χ1v) is 9.09. The molecule has 1 amide bonds. The van der Waals surface area contributed by atoms with E-state index in [1.54, 1.807) is 0 Å². The predicted molar refractivity (Wildman–Crippen MR) is 88.2 cm³/mol. The van der Waals surface area contributed by atoms with Crippen molar-refractivity contribution >= 4 is 17.7 Å². The van der Waals surface area contributed by atoms with Gasteiger partial charge >= 0.3 is 0 Å². The van der Waals surface area contributed by atoms with Crippen LogP contribution < -0.4 is 5.73 Å². The molecule has 0 spiro atoms. The summed E-state index contributed by atoms with van der Waals surface area (Å²) in [6.45, 7) is 0.866. The maximum absolute atomic E-state index is 12.7. The van der Waals surface area contributed by atoms with Crippen LogP contribution in [-0.2, 0) is 4.79 Å². The molecule has 1 saturated heterocycles. The van der Waals surface area contributed by atoms with Crippen molar-refractivity contribution in [1.29, 1.82) is 0 Å². The normalized spacial score (nSPS) is 29.6. The second-order valence-corrected chi connectivity index (χ2v) is 7.30. The molecule has 0 aromatic heterocycles. The van der Waals surface area contributed by atoms with Gasteiger partial charge in [-0.3, -0.25) is 4.79 Å². The van der Waals surface area contributed by atoms with Crippen LogP contribution in [0.25, 0.3) is 0 Å². The molecule has 1 saturated carbocycles. The van der Waals surface area contributed by atoms with Gasteiger partial charge in [-0.15, -0.1) is 0 Å². The number of hydrogen-bond acceptors (Lipinski definition) is 3. The van der Waals surface area contributed by atoms with Crippen LogP contribution in [0.15, 0.2) is 30.3 Å². The summed E-state index contributed by atoms with van der Waals surface area (Å²) >= 11 is 1.94. The lowest BCUT2D eigenvalue weighted by Gasteiger charge is -2.36. The minimum Gasteiger partial charge on any atom is -0.334 e.